The summed E-state index contributed by atoms with van der Waals surface area (Å²) in [7, 11) is -1.12. The van der Waals surface area contributed by atoms with Crippen molar-refractivity contribution in [3.63, 3.8) is 0 Å². The molecule has 0 bridgehead atoms. The minimum absolute atomic E-state index is 0.180. The molecular weight excluding hydrogens is 228 g/mol. The van der Waals surface area contributed by atoms with Gasteiger partial charge in [0, 0.05) is 19.8 Å². The second kappa shape index (κ2) is 5.64. The average molecular weight is 244 g/mol. The zero-order valence-electron chi connectivity index (χ0n) is 9.40. The van der Waals surface area contributed by atoms with Crippen LogP contribution in [0, 0.1) is 0 Å². The Morgan fingerprint density at radius 2 is 2.00 bits per heavy atom. The maximum Gasteiger partial charge on any atom is 0.147 e. The zero-order chi connectivity index (χ0) is 12.0. The minimum Gasteiger partial charge on any atom is -0.372 e. The highest BCUT2D eigenvalue weighted by atomic mass is 32.2. The van der Waals surface area contributed by atoms with E-state index < -0.39 is 9.84 Å². The van der Waals surface area contributed by atoms with Gasteiger partial charge in [-0.3, -0.25) is 4.98 Å². The predicted octanol–water partition coefficient (Wildman–Crippen LogP) is 0.365. The van der Waals surface area contributed by atoms with Crippen LogP contribution >= 0.6 is 0 Å². The fourth-order valence-corrected chi connectivity index (χ4v) is 1.79. The van der Waals surface area contributed by atoms with Crippen molar-refractivity contribution in [1.29, 1.82) is 0 Å². The van der Waals surface area contributed by atoms with E-state index in [0.717, 1.165) is 0 Å². The molecule has 1 heterocycles. The molecule has 2 N–H and O–H groups in total. The zero-order valence-corrected chi connectivity index (χ0v) is 10.2. The fraction of sp³-hybridized carbons (Fsp3) is 0.556. The number of anilines is 2. The Morgan fingerprint density at radius 3 is 2.62 bits per heavy atom. The molecule has 6 nitrogen and oxygen atoms in total. The van der Waals surface area contributed by atoms with Gasteiger partial charge in [-0.2, -0.15) is 0 Å². The van der Waals surface area contributed by atoms with Gasteiger partial charge in [-0.25, -0.2) is 13.4 Å². The highest BCUT2D eigenvalue weighted by Crippen LogP contribution is 2.05. The summed E-state index contributed by atoms with van der Waals surface area (Å²) in [5.41, 5.74) is 0. The first kappa shape index (κ1) is 12.7. The SMILES string of the molecule is CNc1cncc(NCCCS(C)(=O)=O)n1. The second-order valence-corrected chi connectivity index (χ2v) is 5.71. The van der Waals surface area contributed by atoms with Gasteiger partial charge in [-0.05, 0) is 6.42 Å². The third-order valence-corrected chi connectivity index (χ3v) is 2.92. The van der Waals surface area contributed by atoms with Crippen LogP contribution in [0.5, 0.6) is 0 Å². The van der Waals surface area contributed by atoms with Crippen LogP contribution in [-0.4, -0.2) is 44.0 Å². The lowest BCUT2D eigenvalue weighted by atomic mass is 10.5. The summed E-state index contributed by atoms with van der Waals surface area (Å²) < 4.78 is 21.8. The average Bonchev–Trinajstić information content (AvgIpc) is 2.23. The maximum absolute atomic E-state index is 10.9. The molecule has 0 aliphatic carbocycles. The number of rotatable bonds is 6. The molecule has 1 aromatic rings. The normalized spacial score (nSPS) is 11.1. The largest absolute Gasteiger partial charge is 0.372 e. The van der Waals surface area contributed by atoms with E-state index in [9.17, 15) is 8.42 Å². The predicted molar refractivity (Wildman–Crippen MR) is 64.4 cm³/mol. The monoisotopic (exact) mass is 244 g/mol. The number of hydrogen-bond acceptors (Lipinski definition) is 6. The van der Waals surface area contributed by atoms with Gasteiger partial charge in [0.2, 0.25) is 0 Å². The van der Waals surface area contributed by atoms with Gasteiger partial charge in [-0.1, -0.05) is 0 Å². The van der Waals surface area contributed by atoms with E-state index >= 15 is 0 Å². The van der Waals surface area contributed by atoms with Crippen molar-refractivity contribution in [1.82, 2.24) is 9.97 Å². The Bertz CT molecular complexity index is 433. The van der Waals surface area contributed by atoms with Crippen molar-refractivity contribution in [2.24, 2.45) is 0 Å². The molecule has 1 rings (SSSR count). The molecule has 0 fully saturated rings. The molecule has 1 aromatic heterocycles. The number of aromatic nitrogens is 2. The topological polar surface area (TPSA) is 84.0 Å². The molecule has 0 unspecified atom stereocenters. The lowest BCUT2D eigenvalue weighted by Gasteiger charge is -2.05. The first-order valence-corrected chi connectivity index (χ1v) is 6.99. The maximum atomic E-state index is 10.9. The van der Waals surface area contributed by atoms with Gasteiger partial charge in [0.1, 0.15) is 21.5 Å². The molecule has 0 saturated carbocycles. The summed E-state index contributed by atoms with van der Waals surface area (Å²) in [6.45, 7) is 0.564. The van der Waals surface area contributed by atoms with Crippen molar-refractivity contribution >= 4 is 21.5 Å². The number of nitrogens with one attached hydrogen (secondary N) is 2. The molecule has 0 aromatic carbocycles. The van der Waals surface area contributed by atoms with Crippen LogP contribution in [0.2, 0.25) is 0 Å². The minimum atomic E-state index is -2.88. The Balaban J connectivity index is 2.37. The van der Waals surface area contributed by atoms with Crippen LogP contribution in [0.15, 0.2) is 12.4 Å². The van der Waals surface area contributed by atoms with E-state index in [1.807, 2.05) is 0 Å². The third kappa shape index (κ3) is 4.92. The molecule has 0 aliphatic heterocycles. The van der Waals surface area contributed by atoms with Crippen molar-refractivity contribution in [2.75, 3.05) is 36.2 Å². The second-order valence-electron chi connectivity index (χ2n) is 3.45. The lowest BCUT2D eigenvalue weighted by molar-refractivity contribution is 0.600. The van der Waals surface area contributed by atoms with Crippen LogP contribution in [0.4, 0.5) is 11.6 Å². The van der Waals surface area contributed by atoms with Crippen molar-refractivity contribution < 1.29 is 8.42 Å². The van der Waals surface area contributed by atoms with E-state index in [-0.39, 0.29) is 5.75 Å². The smallest absolute Gasteiger partial charge is 0.147 e. The summed E-state index contributed by atoms with van der Waals surface area (Å²) in [5.74, 6) is 1.49. The molecule has 0 aliphatic rings. The number of nitrogens with zero attached hydrogens (tertiary/aromatic N) is 2. The molecule has 90 valence electrons. The summed E-state index contributed by atoms with van der Waals surface area (Å²) >= 11 is 0. The molecule has 0 amide bonds. The molecule has 7 heteroatoms. The Morgan fingerprint density at radius 1 is 1.31 bits per heavy atom. The van der Waals surface area contributed by atoms with Gasteiger partial charge in [-0.15, -0.1) is 0 Å². The van der Waals surface area contributed by atoms with Crippen molar-refractivity contribution in [3.8, 4) is 0 Å². The number of hydrogen-bond donors (Lipinski definition) is 2. The van der Waals surface area contributed by atoms with Crippen molar-refractivity contribution in [2.45, 2.75) is 6.42 Å². The van der Waals surface area contributed by atoms with Gasteiger partial charge >= 0.3 is 0 Å². The van der Waals surface area contributed by atoms with Crippen LogP contribution < -0.4 is 10.6 Å². The van der Waals surface area contributed by atoms with Gasteiger partial charge in [0.25, 0.3) is 0 Å². The summed E-state index contributed by atoms with van der Waals surface area (Å²) in [4.78, 5) is 8.17. The molecular formula is C9H16N4O2S. The number of sulfone groups is 1. The van der Waals surface area contributed by atoms with Gasteiger partial charge in [0.15, 0.2) is 0 Å². The van der Waals surface area contributed by atoms with Crippen molar-refractivity contribution in [3.05, 3.63) is 12.4 Å². The summed E-state index contributed by atoms with van der Waals surface area (Å²) in [5, 5.41) is 5.89. The molecule has 16 heavy (non-hydrogen) atoms. The molecule has 0 atom stereocenters. The van der Waals surface area contributed by atoms with Crippen LogP contribution in [-0.2, 0) is 9.84 Å². The quantitative estimate of drug-likeness (QED) is 0.703. The van der Waals surface area contributed by atoms with E-state index in [2.05, 4.69) is 20.6 Å². The van der Waals surface area contributed by atoms with E-state index in [1.165, 1.54) is 6.26 Å². The van der Waals surface area contributed by atoms with E-state index in [0.29, 0.717) is 24.6 Å². The van der Waals surface area contributed by atoms with Crippen LogP contribution in [0.25, 0.3) is 0 Å². The Kier molecular flexibility index (Phi) is 4.48. The fourth-order valence-electron chi connectivity index (χ4n) is 1.12. The van der Waals surface area contributed by atoms with E-state index in [1.54, 1.807) is 19.4 Å². The highest BCUT2D eigenvalue weighted by molar-refractivity contribution is 7.90. The van der Waals surface area contributed by atoms with Crippen LogP contribution in [0.1, 0.15) is 6.42 Å². The van der Waals surface area contributed by atoms with E-state index in [4.69, 9.17) is 0 Å². The van der Waals surface area contributed by atoms with Gasteiger partial charge in [0.05, 0.1) is 18.1 Å². The first-order valence-electron chi connectivity index (χ1n) is 4.92. The highest BCUT2D eigenvalue weighted by Gasteiger charge is 2.01. The van der Waals surface area contributed by atoms with Gasteiger partial charge < -0.3 is 10.6 Å². The molecule has 0 spiro atoms. The molecule has 0 radical (unpaired) electrons. The lowest BCUT2D eigenvalue weighted by Crippen LogP contribution is -2.10. The summed E-state index contributed by atoms with van der Waals surface area (Å²) in [6, 6.07) is 0. The van der Waals surface area contributed by atoms with Crippen LogP contribution in [0.3, 0.4) is 0 Å². The third-order valence-electron chi connectivity index (χ3n) is 1.89. The molecule has 0 saturated heterocycles. The summed E-state index contributed by atoms with van der Waals surface area (Å²) in [6.07, 6.45) is 5.00. The Labute approximate surface area is 95.4 Å². The standard InChI is InChI=1S/C9H16N4O2S/c1-10-8-6-11-7-9(13-8)12-4-3-5-16(2,14)15/h6-7H,3-5H2,1-2H3,(H2,10,12,13). The Hall–Kier alpha value is -1.37. The first-order chi connectivity index (χ1) is 7.51.